The number of nitrogens with two attached hydrogens (primary N) is 1. The van der Waals surface area contributed by atoms with Crippen LogP contribution in [-0.4, -0.2) is 8.42 Å². The van der Waals surface area contributed by atoms with Gasteiger partial charge in [-0.3, -0.25) is 0 Å². The van der Waals surface area contributed by atoms with Gasteiger partial charge < -0.3 is 9.73 Å². The molecule has 1 heterocycles. The molecule has 0 spiro atoms. The lowest BCUT2D eigenvalue weighted by molar-refractivity contribution is 0.531. The molecule has 3 N–H and O–H groups in total. The normalized spacial score (nSPS) is 11.5. The molecule has 1 aromatic heterocycles. The number of nitrogens with one attached hydrogen (secondary N) is 1. The molecule has 0 saturated carbocycles. The summed E-state index contributed by atoms with van der Waals surface area (Å²) in [5, 5.41) is 8.95. The second-order valence-corrected chi connectivity index (χ2v) is 7.57. The lowest BCUT2D eigenvalue weighted by atomic mass is 10.1. The average Bonchev–Trinajstić information content (AvgIpc) is 3.04. The van der Waals surface area contributed by atoms with Crippen LogP contribution in [0.3, 0.4) is 0 Å². The molecule has 0 aliphatic rings. The zero-order valence-electron chi connectivity index (χ0n) is 13.5. The molecule has 3 rings (SSSR count). The van der Waals surface area contributed by atoms with E-state index in [-0.39, 0.29) is 4.90 Å². The van der Waals surface area contributed by atoms with E-state index in [9.17, 15) is 8.42 Å². The summed E-state index contributed by atoms with van der Waals surface area (Å²) in [7, 11) is -3.68. The number of halogens is 1. The Kier molecular flexibility index (Phi) is 4.85. The van der Waals surface area contributed by atoms with Crippen molar-refractivity contribution in [3.8, 4) is 11.3 Å². The first-order valence-electron chi connectivity index (χ1n) is 7.55. The Hall–Kier alpha value is -2.28. The van der Waals surface area contributed by atoms with Crippen molar-refractivity contribution in [2.24, 2.45) is 5.14 Å². The van der Waals surface area contributed by atoms with Gasteiger partial charge in [0.15, 0.2) is 0 Å². The van der Waals surface area contributed by atoms with Gasteiger partial charge in [0.2, 0.25) is 10.0 Å². The Morgan fingerprint density at radius 3 is 2.48 bits per heavy atom. The summed E-state index contributed by atoms with van der Waals surface area (Å²) < 4.78 is 28.4. The fraction of sp³-hybridized carbons (Fsp3) is 0.111. The quantitative estimate of drug-likeness (QED) is 0.699. The monoisotopic (exact) mass is 376 g/mol. The van der Waals surface area contributed by atoms with Gasteiger partial charge in [-0.2, -0.15) is 0 Å². The third-order valence-corrected chi connectivity index (χ3v) is 5.18. The van der Waals surface area contributed by atoms with Crippen molar-refractivity contribution in [3.05, 3.63) is 70.9 Å². The molecule has 5 nitrogen and oxygen atoms in total. The summed E-state index contributed by atoms with van der Waals surface area (Å²) in [4.78, 5) is 0.0785. The second kappa shape index (κ2) is 6.92. The van der Waals surface area contributed by atoms with E-state index in [2.05, 4.69) is 5.32 Å². The lowest BCUT2D eigenvalue weighted by Gasteiger charge is -2.06. The molecule has 3 aromatic rings. The number of sulfonamides is 1. The van der Waals surface area contributed by atoms with Crippen LogP contribution in [0.5, 0.6) is 0 Å². The van der Waals surface area contributed by atoms with Crippen molar-refractivity contribution in [2.45, 2.75) is 18.4 Å². The van der Waals surface area contributed by atoms with Crippen molar-refractivity contribution >= 4 is 27.3 Å². The largest absolute Gasteiger partial charge is 0.459 e. The molecule has 0 amide bonds. The van der Waals surface area contributed by atoms with Gasteiger partial charge in [0.05, 0.1) is 11.4 Å². The highest BCUT2D eigenvalue weighted by Crippen LogP contribution is 2.29. The number of primary sulfonamides is 1. The summed E-state index contributed by atoms with van der Waals surface area (Å²) in [6, 6.07) is 15.7. The van der Waals surface area contributed by atoms with Gasteiger partial charge >= 0.3 is 0 Å². The van der Waals surface area contributed by atoms with Gasteiger partial charge in [0.1, 0.15) is 11.5 Å². The van der Waals surface area contributed by atoms with Crippen molar-refractivity contribution in [2.75, 3.05) is 5.32 Å². The van der Waals surface area contributed by atoms with Crippen LogP contribution in [0.1, 0.15) is 11.3 Å². The molecule has 0 atom stereocenters. The van der Waals surface area contributed by atoms with Crippen molar-refractivity contribution < 1.29 is 12.8 Å². The number of rotatable bonds is 5. The van der Waals surface area contributed by atoms with Crippen LogP contribution in [0.2, 0.25) is 5.02 Å². The van der Waals surface area contributed by atoms with Crippen LogP contribution in [0.25, 0.3) is 11.3 Å². The maximum absolute atomic E-state index is 11.2. The highest BCUT2D eigenvalue weighted by atomic mass is 35.5. The summed E-state index contributed by atoms with van der Waals surface area (Å²) in [6.07, 6.45) is 0. The number of benzene rings is 2. The van der Waals surface area contributed by atoms with Gasteiger partial charge in [-0.25, -0.2) is 13.6 Å². The summed E-state index contributed by atoms with van der Waals surface area (Å²) in [5.74, 6) is 1.51. The Bertz CT molecular complexity index is 995. The smallest absolute Gasteiger partial charge is 0.238 e. The maximum atomic E-state index is 11.2. The van der Waals surface area contributed by atoms with E-state index in [1.54, 1.807) is 12.1 Å². The van der Waals surface area contributed by atoms with E-state index in [0.717, 1.165) is 28.3 Å². The minimum atomic E-state index is -3.68. The van der Waals surface area contributed by atoms with Crippen LogP contribution in [0.15, 0.2) is 63.9 Å². The lowest BCUT2D eigenvalue weighted by Crippen LogP contribution is -2.11. The molecule has 0 saturated heterocycles. The molecule has 130 valence electrons. The van der Waals surface area contributed by atoms with Crippen LogP contribution >= 0.6 is 11.6 Å². The first-order chi connectivity index (χ1) is 11.8. The first kappa shape index (κ1) is 17.5. The van der Waals surface area contributed by atoms with Crippen LogP contribution in [0, 0.1) is 6.92 Å². The number of hydrogen-bond donors (Lipinski definition) is 2. The van der Waals surface area contributed by atoms with E-state index in [0.29, 0.717) is 11.6 Å². The van der Waals surface area contributed by atoms with E-state index in [1.807, 2.05) is 37.3 Å². The Morgan fingerprint density at radius 1 is 1.08 bits per heavy atom. The van der Waals surface area contributed by atoms with Gasteiger partial charge in [-0.05, 0) is 55.0 Å². The summed E-state index contributed by atoms with van der Waals surface area (Å²) >= 11 is 6.15. The Labute approximate surface area is 151 Å². The fourth-order valence-electron chi connectivity index (χ4n) is 2.44. The highest BCUT2D eigenvalue weighted by Gasteiger charge is 2.10. The van der Waals surface area contributed by atoms with Crippen LogP contribution in [-0.2, 0) is 16.6 Å². The van der Waals surface area contributed by atoms with Crippen molar-refractivity contribution in [1.82, 2.24) is 0 Å². The average molecular weight is 377 g/mol. The predicted molar refractivity (Wildman–Crippen MR) is 99.0 cm³/mol. The SMILES string of the molecule is Cc1c(Cl)cccc1-c1ccc(CNc2ccc(S(N)(=O)=O)cc2)o1. The van der Waals surface area contributed by atoms with Gasteiger partial charge in [-0.1, -0.05) is 23.7 Å². The molecule has 2 aromatic carbocycles. The van der Waals surface area contributed by atoms with Crippen molar-refractivity contribution in [1.29, 1.82) is 0 Å². The van der Waals surface area contributed by atoms with Crippen LogP contribution in [0.4, 0.5) is 5.69 Å². The van der Waals surface area contributed by atoms with Gasteiger partial charge in [-0.15, -0.1) is 0 Å². The number of hydrogen-bond acceptors (Lipinski definition) is 4. The molecular weight excluding hydrogens is 360 g/mol. The summed E-state index contributed by atoms with van der Waals surface area (Å²) in [6.45, 7) is 2.42. The minimum absolute atomic E-state index is 0.0785. The summed E-state index contributed by atoms with van der Waals surface area (Å²) in [5.41, 5.74) is 2.69. The second-order valence-electron chi connectivity index (χ2n) is 5.60. The highest BCUT2D eigenvalue weighted by molar-refractivity contribution is 7.89. The van der Waals surface area contributed by atoms with Gasteiger partial charge in [0.25, 0.3) is 0 Å². The van der Waals surface area contributed by atoms with Gasteiger partial charge in [0, 0.05) is 16.3 Å². The molecule has 7 heteroatoms. The topological polar surface area (TPSA) is 85.3 Å². The third-order valence-electron chi connectivity index (χ3n) is 3.84. The molecule has 0 bridgehead atoms. The fourth-order valence-corrected chi connectivity index (χ4v) is 3.13. The Morgan fingerprint density at radius 2 is 1.80 bits per heavy atom. The van der Waals surface area contributed by atoms with E-state index in [4.69, 9.17) is 21.2 Å². The van der Waals surface area contributed by atoms with E-state index in [1.165, 1.54) is 12.1 Å². The van der Waals surface area contributed by atoms with E-state index >= 15 is 0 Å². The maximum Gasteiger partial charge on any atom is 0.238 e. The predicted octanol–water partition coefficient (Wildman–Crippen LogP) is 4.17. The molecule has 0 fully saturated rings. The van der Waals surface area contributed by atoms with E-state index < -0.39 is 10.0 Å². The molecule has 25 heavy (non-hydrogen) atoms. The Balaban J connectivity index is 1.71. The zero-order chi connectivity index (χ0) is 18.0. The number of furan rings is 1. The molecule has 0 aliphatic heterocycles. The molecular formula is C18H17ClN2O3S. The molecule has 0 radical (unpaired) electrons. The number of anilines is 1. The first-order valence-corrected chi connectivity index (χ1v) is 9.48. The molecule has 0 unspecified atom stereocenters. The minimum Gasteiger partial charge on any atom is -0.459 e. The standard InChI is InChI=1S/C18H17ClN2O3S/c1-12-16(3-2-4-17(12)19)18-10-7-14(24-18)11-21-13-5-8-15(9-6-13)25(20,22)23/h2-10,21H,11H2,1H3,(H2,20,22,23). The zero-order valence-corrected chi connectivity index (χ0v) is 15.1. The molecule has 0 aliphatic carbocycles. The third kappa shape index (κ3) is 4.04. The van der Waals surface area contributed by atoms with Crippen molar-refractivity contribution in [3.63, 3.8) is 0 Å². The van der Waals surface area contributed by atoms with Crippen LogP contribution < -0.4 is 10.5 Å².